The maximum atomic E-state index is 5.38. The number of rotatable bonds is 3. The first-order chi connectivity index (χ1) is 11.3. The Morgan fingerprint density at radius 3 is 2.58 bits per heavy atom. The van der Waals surface area contributed by atoms with E-state index < -0.39 is 0 Å². The van der Waals surface area contributed by atoms with Crippen molar-refractivity contribution in [3.8, 4) is 11.5 Å². The normalized spacial score (nSPS) is 16.3. The molecule has 0 spiro atoms. The summed E-state index contributed by atoms with van der Waals surface area (Å²) in [5, 5.41) is 4.87. The molecule has 2 N–H and O–H groups in total. The first-order valence-corrected chi connectivity index (χ1v) is 7.86. The number of hydrogen-bond donors (Lipinski definition) is 2. The highest BCUT2D eigenvalue weighted by atomic mass is 35.5. The summed E-state index contributed by atoms with van der Waals surface area (Å²) in [7, 11) is 3.41. The predicted molar refractivity (Wildman–Crippen MR) is 98.6 cm³/mol. The van der Waals surface area contributed by atoms with Crippen molar-refractivity contribution in [3.63, 3.8) is 0 Å². The fourth-order valence-corrected chi connectivity index (χ4v) is 3.44. The number of aromatic nitrogens is 1. The molecule has 1 aromatic heterocycles. The molecule has 126 valence electrons. The molecular formula is C19H21ClN2O2. The summed E-state index contributed by atoms with van der Waals surface area (Å²) in [5.41, 5.74) is 4.99. The second-order valence-electron chi connectivity index (χ2n) is 5.84. The van der Waals surface area contributed by atoms with Crippen LogP contribution in [0, 0.1) is 0 Å². The lowest BCUT2D eigenvalue weighted by Crippen LogP contribution is -2.30. The number of H-pyrrole nitrogens is 1. The van der Waals surface area contributed by atoms with Gasteiger partial charge in [0.05, 0.1) is 20.3 Å². The number of aromatic amines is 1. The van der Waals surface area contributed by atoms with Crippen LogP contribution >= 0.6 is 12.4 Å². The molecule has 24 heavy (non-hydrogen) atoms. The summed E-state index contributed by atoms with van der Waals surface area (Å²) >= 11 is 0. The van der Waals surface area contributed by atoms with Crippen LogP contribution in [-0.4, -0.2) is 25.7 Å². The topological polar surface area (TPSA) is 46.3 Å². The molecule has 0 saturated heterocycles. The van der Waals surface area contributed by atoms with Crippen molar-refractivity contribution >= 4 is 23.3 Å². The van der Waals surface area contributed by atoms with Gasteiger partial charge in [0.15, 0.2) is 0 Å². The van der Waals surface area contributed by atoms with Gasteiger partial charge in [-0.3, -0.25) is 0 Å². The fraction of sp³-hybridized carbons (Fsp3) is 0.263. The van der Waals surface area contributed by atoms with E-state index >= 15 is 0 Å². The van der Waals surface area contributed by atoms with E-state index in [0.717, 1.165) is 30.0 Å². The Labute approximate surface area is 147 Å². The van der Waals surface area contributed by atoms with Crippen LogP contribution in [0.2, 0.25) is 0 Å². The van der Waals surface area contributed by atoms with Crippen LogP contribution in [0.4, 0.5) is 0 Å². The van der Waals surface area contributed by atoms with E-state index in [4.69, 9.17) is 9.47 Å². The molecule has 4 rings (SSSR count). The highest BCUT2D eigenvalue weighted by Gasteiger charge is 2.25. The maximum absolute atomic E-state index is 5.38. The molecule has 3 aromatic rings. The molecule has 0 aliphatic carbocycles. The van der Waals surface area contributed by atoms with Crippen LogP contribution in [0.1, 0.15) is 22.9 Å². The third-order valence-electron chi connectivity index (χ3n) is 4.59. The van der Waals surface area contributed by atoms with E-state index in [1.807, 2.05) is 18.2 Å². The van der Waals surface area contributed by atoms with E-state index in [9.17, 15) is 0 Å². The number of fused-ring (bicyclic) bond motifs is 3. The molecule has 1 aliphatic heterocycles. The zero-order valence-corrected chi connectivity index (χ0v) is 14.6. The van der Waals surface area contributed by atoms with Gasteiger partial charge in [-0.2, -0.15) is 0 Å². The summed E-state index contributed by atoms with van der Waals surface area (Å²) in [6.07, 6.45) is 1.02. The van der Waals surface area contributed by atoms with Gasteiger partial charge in [0, 0.05) is 23.1 Å². The molecule has 2 aromatic carbocycles. The predicted octanol–water partition coefficient (Wildman–Crippen LogP) is 3.84. The van der Waals surface area contributed by atoms with Crippen LogP contribution in [0.3, 0.4) is 0 Å². The van der Waals surface area contributed by atoms with Crippen LogP contribution in [0.15, 0.2) is 42.5 Å². The Hall–Kier alpha value is -2.17. The lowest BCUT2D eigenvalue weighted by molar-refractivity contribution is 0.413. The largest absolute Gasteiger partial charge is 0.497 e. The fourth-order valence-electron chi connectivity index (χ4n) is 3.44. The Morgan fingerprint density at radius 1 is 1.00 bits per heavy atom. The molecule has 1 atom stereocenters. The Bertz CT molecular complexity index is 860. The number of halogens is 1. The van der Waals surface area contributed by atoms with Crippen molar-refractivity contribution in [2.24, 2.45) is 0 Å². The summed E-state index contributed by atoms with van der Waals surface area (Å²) in [4.78, 5) is 3.59. The van der Waals surface area contributed by atoms with Gasteiger partial charge in [0.2, 0.25) is 0 Å². The molecule has 4 nitrogen and oxygen atoms in total. The van der Waals surface area contributed by atoms with Crippen molar-refractivity contribution in [1.82, 2.24) is 10.3 Å². The van der Waals surface area contributed by atoms with Crippen LogP contribution in [0.25, 0.3) is 10.9 Å². The van der Waals surface area contributed by atoms with Gasteiger partial charge in [-0.15, -0.1) is 12.4 Å². The van der Waals surface area contributed by atoms with E-state index in [1.165, 1.54) is 22.2 Å². The van der Waals surface area contributed by atoms with Crippen molar-refractivity contribution in [2.75, 3.05) is 20.8 Å². The van der Waals surface area contributed by atoms with E-state index in [1.54, 1.807) is 14.2 Å². The Balaban J connectivity index is 0.00000169. The molecule has 5 heteroatoms. The minimum Gasteiger partial charge on any atom is -0.497 e. The highest BCUT2D eigenvalue weighted by molar-refractivity contribution is 5.86. The zero-order valence-electron chi connectivity index (χ0n) is 13.8. The van der Waals surface area contributed by atoms with E-state index in [2.05, 4.69) is 34.6 Å². The molecule has 0 fully saturated rings. The minimum atomic E-state index is 0. The van der Waals surface area contributed by atoms with Crippen LogP contribution in [0.5, 0.6) is 11.5 Å². The Kier molecular flexibility index (Phi) is 4.69. The summed E-state index contributed by atoms with van der Waals surface area (Å²) in [5.74, 6) is 1.78. The molecule has 2 heterocycles. The SMILES string of the molecule is COc1cccc(C2NCCc3c2[nH]c2ccc(OC)cc32)c1.Cl. The zero-order chi connectivity index (χ0) is 15.8. The second kappa shape index (κ2) is 6.75. The van der Waals surface area contributed by atoms with Gasteiger partial charge < -0.3 is 19.8 Å². The summed E-state index contributed by atoms with van der Waals surface area (Å²) in [6.45, 7) is 0.957. The number of ether oxygens (including phenoxy) is 2. The summed E-state index contributed by atoms with van der Waals surface area (Å²) in [6, 6.07) is 14.6. The van der Waals surface area contributed by atoms with Gasteiger partial charge >= 0.3 is 0 Å². The number of hydrogen-bond acceptors (Lipinski definition) is 3. The molecule has 0 bridgehead atoms. The highest BCUT2D eigenvalue weighted by Crippen LogP contribution is 2.35. The van der Waals surface area contributed by atoms with Crippen LogP contribution < -0.4 is 14.8 Å². The molecule has 1 aliphatic rings. The Morgan fingerprint density at radius 2 is 1.79 bits per heavy atom. The maximum Gasteiger partial charge on any atom is 0.119 e. The molecular weight excluding hydrogens is 324 g/mol. The quantitative estimate of drug-likeness (QED) is 0.758. The van der Waals surface area contributed by atoms with Crippen molar-refractivity contribution < 1.29 is 9.47 Å². The van der Waals surface area contributed by atoms with Gasteiger partial charge in [-0.05, 0) is 47.9 Å². The standard InChI is InChI=1S/C19H20N2O2.ClH/c1-22-13-5-3-4-12(10-13)18-19-15(8-9-20-18)16-11-14(23-2)6-7-17(16)21-19;/h3-7,10-11,18,20-21H,8-9H2,1-2H3;1H. The molecule has 0 saturated carbocycles. The van der Waals surface area contributed by atoms with Crippen LogP contribution in [-0.2, 0) is 6.42 Å². The molecule has 0 amide bonds. The lowest BCUT2D eigenvalue weighted by Gasteiger charge is -2.25. The van der Waals surface area contributed by atoms with Crippen molar-refractivity contribution in [1.29, 1.82) is 0 Å². The average molecular weight is 345 g/mol. The average Bonchev–Trinajstić information content (AvgIpc) is 2.99. The smallest absolute Gasteiger partial charge is 0.119 e. The summed E-state index contributed by atoms with van der Waals surface area (Å²) < 4.78 is 10.7. The minimum absolute atomic E-state index is 0. The number of methoxy groups -OCH3 is 2. The monoisotopic (exact) mass is 344 g/mol. The second-order valence-corrected chi connectivity index (χ2v) is 5.84. The van der Waals surface area contributed by atoms with E-state index in [-0.39, 0.29) is 18.4 Å². The third kappa shape index (κ3) is 2.72. The van der Waals surface area contributed by atoms with Gasteiger partial charge in [-0.25, -0.2) is 0 Å². The third-order valence-corrected chi connectivity index (χ3v) is 4.59. The van der Waals surface area contributed by atoms with Gasteiger partial charge in [-0.1, -0.05) is 12.1 Å². The lowest BCUT2D eigenvalue weighted by atomic mass is 9.94. The first kappa shape index (κ1) is 16.7. The first-order valence-electron chi connectivity index (χ1n) is 7.86. The van der Waals surface area contributed by atoms with Gasteiger partial charge in [0.25, 0.3) is 0 Å². The number of nitrogens with one attached hydrogen (secondary N) is 2. The molecule has 1 unspecified atom stereocenters. The van der Waals surface area contributed by atoms with Crippen molar-refractivity contribution in [3.05, 3.63) is 59.3 Å². The molecule has 0 radical (unpaired) electrons. The van der Waals surface area contributed by atoms with E-state index in [0.29, 0.717) is 0 Å². The number of benzene rings is 2. The van der Waals surface area contributed by atoms with Gasteiger partial charge in [0.1, 0.15) is 11.5 Å². The van der Waals surface area contributed by atoms with Crippen molar-refractivity contribution in [2.45, 2.75) is 12.5 Å².